The maximum absolute atomic E-state index is 13.0. The summed E-state index contributed by atoms with van der Waals surface area (Å²) >= 11 is 1.34. The molecular weight excluding hydrogens is 460 g/mol. The minimum Gasteiger partial charge on any atom is -0.379 e. The van der Waals surface area contributed by atoms with Crippen LogP contribution in [0, 0.1) is 13.8 Å². The van der Waals surface area contributed by atoms with Crippen LogP contribution in [0.3, 0.4) is 0 Å². The number of nitrogens with zero attached hydrogens (tertiary/aromatic N) is 3. The summed E-state index contributed by atoms with van der Waals surface area (Å²) in [6, 6.07) is 11.0. The lowest BCUT2D eigenvalue weighted by atomic mass is 10.1. The average molecular weight is 489 g/mol. The van der Waals surface area contributed by atoms with E-state index in [9.17, 15) is 13.2 Å². The molecule has 0 bridgehead atoms. The molecule has 33 heavy (non-hydrogen) atoms. The van der Waals surface area contributed by atoms with E-state index in [0.29, 0.717) is 43.5 Å². The van der Waals surface area contributed by atoms with Gasteiger partial charge in [-0.3, -0.25) is 4.79 Å². The van der Waals surface area contributed by atoms with Crippen LogP contribution < -0.4 is 5.32 Å². The fourth-order valence-corrected chi connectivity index (χ4v) is 6.28. The molecule has 1 aromatic heterocycles. The number of ether oxygens (including phenoxy) is 1. The number of thioether (sulfide) groups is 1. The van der Waals surface area contributed by atoms with Crippen molar-refractivity contribution in [2.24, 2.45) is 0 Å². The minimum atomic E-state index is -3.60. The average Bonchev–Trinajstić information content (AvgIpc) is 3.14. The van der Waals surface area contributed by atoms with Gasteiger partial charge in [0.05, 0.1) is 34.9 Å². The summed E-state index contributed by atoms with van der Waals surface area (Å²) in [5.74, 6) is 0.0881. The molecule has 0 saturated carbocycles. The number of carbonyl (C=O) groups is 1. The van der Waals surface area contributed by atoms with Crippen molar-refractivity contribution in [3.8, 4) is 0 Å². The molecule has 4 rings (SSSR count). The molecule has 1 amide bonds. The van der Waals surface area contributed by atoms with Gasteiger partial charge in [-0.25, -0.2) is 13.4 Å². The number of carbonyl (C=O) groups excluding carboxylic acids is 1. The molecule has 8 nitrogen and oxygen atoms in total. The van der Waals surface area contributed by atoms with Gasteiger partial charge < -0.3 is 14.6 Å². The van der Waals surface area contributed by atoms with Crippen molar-refractivity contribution in [1.82, 2.24) is 13.9 Å². The van der Waals surface area contributed by atoms with Crippen molar-refractivity contribution in [2.45, 2.75) is 37.4 Å². The molecule has 1 saturated heterocycles. The Hall–Kier alpha value is -2.40. The summed E-state index contributed by atoms with van der Waals surface area (Å²) < 4.78 is 34.7. The number of sulfonamides is 1. The Morgan fingerprint density at radius 2 is 1.82 bits per heavy atom. The SMILES string of the molecule is CCn1c(SCC(=O)Nc2cc(C)cc(C)c2)nc2cc(S(=O)(=O)N3CCOCC3)ccc21. The van der Waals surface area contributed by atoms with Crippen molar-refractivity contribution in [1.29, 1.82) is 0 Å². The lowest BCUT2D eigenvalue weighted by Gasteiger charge is -2.26. The summed E-state index contributed by atoms with van der Waals surface area (Å²) in [4.78, 5) is 17.4. The fraction of sp³-hybridized carbons (Fsp3) is 0.391. The van der Waals surface area contributed by atoms with Crippen LogP contribution >= 0.6 is 11.8 Å². The first-order valence-electron chi connectivity index (χ1n) is 10.9. The van der Waals surface area contributed by atoms with Gasteiger partial charge in [-0.05, 0) is 62.2 Å². The third-order valence-corrected chi connectivity index (χ3v) is 8.32. The number of aromatic nitrogens is 2. The van der Waals surface area contributed by atoms with Gasteiger partial charge in [0.1, 0.15) is 0 Å². The van der Waals surface area contributed by atoms with Crippen LogP contribution in [0.5, 0.6) is 0 Å². The van der Waals surface area contributed by atoms with Crippen LogP contribution in [0.1, 0.15) is 18.1 Å². The van der Waals surface area contributed by atoms with Crippen LogP contribution in [-0.4, -0.2) is 60.2 Å². The van der Waals surface area contributed by atoms with Crippen molar-refractivity contribution >= 4 is 44.4 Å². The summed E-state index contributed by atoms with van der Waals surface area (Å²) in [7, 11) is -3.60. The first-order valence-corrected chi connectivity index (χ1v) is 13.3. The Morgan fingerprint density at radius 3 is 2.48 bits per heavy atom. The Bertz CT molecular complexity index is 1260. The molecule has 0 atom stereocenters. The molecule has 3 aromatic rings. The van der Waals surface area contributed by atoms with Crippen molar-refractivity contribution in [3.05, 3.63) is 47.5 Å². The first kappa shape index (κ1) is 23.7. The smallest absolute Gasteiger partial charge is 0.243 e. The van der Waals surface area contributed by atoms with Crippen LogP contribution in [0.25, 0.3) is 11.0 Å². The van der Waals surface area contributed by atoms with E-state index in [2.05, 4.69) is 16.4 Å². The molecule has 0 spiro atoms. The zero-order valence-electron chi connectivity index (χ0n) is 19.0. The summed E-state index contributed by atoms with van der Waals surface area (Å²) in [5.41, 5.74) is 4.40. The van der Waals surface area contributed by atoms with Crippen LogP contribution in [-0.2, 0) is 26.1 Å². The molecule has 0 unspecified atom stereocenters. The van der Waals surface area contributed by atoms with Gasteiger partial charge in [-0.1, -0.05) is 17.8 Å². The van der Waals surface area contributed by atoms with E-state index in [1.807, 2.05) is 37.5 Å². The lowest BCUT2D eigenvalue weighted by Crippen LogP contribution is -2.40. The highest BCUT2D eigenvalue weighted by molar-refractivity contribution is 7.99. The third kappa shape index (κ3) is 5.24. The van der Waals surface area contributed by atoms with Crippen molar-refractivity contribution in [2.75, 3.05) is 37.4 Å². The number of fused-ring (bicyclic) bond motifs is 1. The highest BCUT2D eigenvalue weighted by Gasteiger charge is 2.27. The number of nitrogens with one attached hydrogen (secondary N) is 1. The lowest BCUT2D eigenvalue weighted by molar-refractivity contribution is -0.113. The van der Waals surface area contributed by atoms with Gasteiger partial charge >= 0.3 is 0 Å². The van der Waals surface area contributed by atoms with Crippen LogP contribution in [0.2, 0.25) is 0 Å². The predicted molar refractivity (Wildman–Crippen MR) is 130 cm³/mol. The van der Waals surface area contributed by atoms with Crippen LogP contribution in [0.15, 0.2) is 46.5 Å². The number of morpholine rings is 1. The van der Waals surface area contributed by atoms with Crippen molar-refractivity contribution in [3.63, 3.8) is 0 Å². The fourth-order valence-electron chi connectivity index (χ4n) is 3.97. The van der Waals surface area contributed by atoms with E-state index in [4.69, 9.17) is 4.74 Å². The largest absolute Gasteiger partial charge is 0.379 e. The van der Waals surface area contributed by atoms with Crippen molar-refractivity contribution < 1.29 is 17.9 Å². The van der Waals surface area contributed by atoms with E-state index < -0.39 is 10.0 Å². The topological polar surface area (TPSA) is 93.5 Å². The number of hydrogen-bond donors (Lipinski definition) is 1. The first-order chi connectivity index (χ1) is 15.8. The van der Waals surface area contributed by atoms with Gasteiger partial charge in [-0.2, -0.15) is 4.31 Å². The van der Waals surface area contributed by atoms with Gasteiger partial charge in [0.25, 0.3) is 0 Å². The van der Waals surface area contributed by atoms with E-state index in [1.165, 1.54) is 16.1 Å². The highest BCUT2D eigenvalue weighted by Crippen LogP contribution is 2.28. The second kappa shape index (κ2) is 9.84. The normalized spacial score (nSPS) is 15.1. The molecule has 2 heterocycles. The Labute approximate surface area is 198 Å². The van der Waals surface area contributed by atoms with Gasteiger partial charge in [0.15, 0.2) is 5.16 Å². The Balaban J connectivity index is 1.52. The highest BCUT2D eigenvalue weighted by atomic mass is 32.2. The van der Waals surface area contributed by atoms with Crippen LogP contribution in [0.4, 0.5) is 5.69 Å². The zero-order chi connectivity index (χ0) is 23.6. The molecule has 1 fully saturated rings. The number of hydrogen-bond acceptors (Lipinski definition) is 6. The summed E-state index contributed by atoms with van der Waals surface area (Å²) in [6.07, 6.45) is 0. The van der Waals surface area contributed by atoms with E-state index in [-0.39, 0.29) is 16.6 Å². The second-order valence-corrected chi connectivity index (χ2v) is 10.9. The molecule has 176 valence electrons. The monoisotopic (exact) mass is 488 g/mol. The quantitative estimate of drug-likeness (QED) is 0.512. The summed E-state index contributed by atoms with van der Waals surface area (Å²) in [5, 5.41) is 3.62. The third-order valence-electron chi connectivity index (χ3n) is 5.45. The molecular formula is C23H28N4O4S2. The number of benzene rings is 2. The Morgan fingerprint density at radius 1 is 1.12 bits per heavy atom. The molecule has 1 N–H and O–H groups in total. The van der Waals surface area contributed by atoms with E-state index in [1.54, 1.807) is 18.2 Å². The number of aryl methyl sites for hydroxylation is 3. The van der Waals surface area contributed by atoms with Gasteiger partial charge in [-0.15, -0.1) is 0 Å². The molecule has 1 aliphatic rings. The van der Waals surface area contributed by atoms with Gasteiger partial charge in [0.2, 0.25) is 15.9 Å². The number of amides is 1. The van der Waals surface area contributed by atoms with E-state index in [0.717, 1.165) is 22.3 Å². The molecule has 0 aliphatic carbocycles. The number of anilines is 1. The molecule has 1 aliphatic heterocycles. The maximum Gasteiger partial charge on any atom is 0.243 e. The molecule has 0 radical (unpaired) electrons. The standard InChI is InChI=1S/C23H28N4O4S2/c1-4-27-21-6-5-19(33(29,30)26-7-9-31-10-8-26)14-20(21)25-23(27)32-15-22(28)24-18-12-16(2)11-17(3)13-18/h5-6,11-14H,4,7-10,15H2,1-3H3,(H,24,28). The predicted octanol–water partition coefficient (Wildman–Crippen LogP) is 3.42. The maximum atomic E-state index is 13.0. The van der Waals surface area contributed by atoms with Gasteiger partial charge in [0, 0.05) is 25.3 Å². The Kier molecular flexibility index (Phi) is 7.08. The molecule has 10 heteroatoms. The minimum absolute atomic E-state index is 0.115. The second-order valence-electron chi connectivity index (χ2n) is 8.02. The zero-order valence-corrected chi connectivity index (χ0v) is 20.6. The van der Waals surface area contributed by atoms with E-state index >= 15 is 0 Å². The molecule has 2 aromatic carbocycles. The number of imidazole rings is 1. The number of rotatable bonds is 7. The summed E-state index contributed by atoms with van der Waals surface area (Å²) in [6.45, 7) is 8.14.